The van der Waals surface area contributed by atoms with Gasteiger partial charge in [-0.25, -0.2) is 13.8 Å². The number of nitrogens with zero attached hydrogens (tertiary/aromatic N) is 1. The maximum atomic E-state index is 14.2. The second-order valence-corrected chi connectivity index (χ2v) is 14.9. The Morgan fingerprint density at radius 3 is 1.77 bits per heavy atom. The largest absolute Gasteiger partial charge is 0.463 e. The van der Waals surface area contributed by atoms with E-state index in [1.165, 1.54) is 61.5 Å². The molecule has 6 rings (SSSR count). The molecule has 0 bridgehead atoms. The van der Waals surface area contributed by atoms with Crippen LogP contribution in [0.1, 0.15) is 62.2 Å². The zero-order valence-electron chi connectivity index (χ0n) is 32.8. The number of fused-ring (bicyclic) bond motifs is 1. The zero-order valence-corrected chi connectivity index (χ0v) is 33.6. The van der Waals surface area contributed by atoms with Gasteiger partial charge in [-0.15, -0.1) is 6.58 Å². The first-order chi connectivity index (χ1) is 29.1. The van der Waals surface area contributed by atoms with E-state index in [0.29, 0.717) is 4.90 Å². The average molecular weight is 868 g/mol. The van der Waals surface area contributed by atoms with Gasteiger partial charge in [-0.05, 0) is 43.3 Å². The van der Waals surface area contributed by atoms with Crippen molar-refractivity contribution in [3.63, 3.8) is 0 Å². The van der Waals surface area contributed by atoms with Gasteiger partial charge in [0.05, 0.1) is 35.0 Å². The fraction of sp³-hybridized carbons (Fsp3) is 0.366. The molecule has 0 saturated carbocycles. The van der Waals surface area contributed by atoms with E-state index >= 15 is 0 Å². The van der Waals surface area contributed by atoms with E-state index in [1.54, 1.807) is 36.4 Å². The highest BCUT2D eigenvalue weighted by molar-refractivity contribution is 7.80. The fourth-order valence-corrected chi connectivity index (χ4v) is 7.57. The van der Waals surface area contributed by atoms with Gasteiger partial charge in [0.25, 0.3) is 11.8 Å². The maximum absolute atomic E-state index is 14.2. The number of ether oxygens (including phenoxy) is 8. The van der Waals surface area contributed by atoms with E-state index in [2.05, 4.69) is 6.58 Å². The molecule has 19 nitrogen and oxygen atoms in total. The lowest BCUT2D eigenvalue weighted by atomic mass is 9.94. The van der Waals surface area contributed by atoms with Crippen LogP contribution in [0.2, 0.25) is 0 Å². The minimum absolute atomic E-state index is 0.0604. The van der Waals surface area contributed by atoms with Crippen molar-refractivity contribution in [2.45, 2.75) is 82.1 Å². The summed E-state index contributed by atoms with van der Waals surface area (Å²) in [7, 11) is -5.56. The van der Waals surface area contributed by atoms with Gasteiger partial charge in [-0.1, -0.05) is 54.6 Å². The molecule has 10 atom stereocenters. The van der Waals surface area contributed by atoms with Gasteiger partial charge in [-0.3, -0.25) is 28.6 Å². The first-order valence-corrected chi connectivity index (χ1v) is 20.1. The number of carbonyl (C=O) groups excluding carboxylic acids is 6. The van der Waals surface area contributed by atoms with Crippen LogP contribution in [-0.2, 0) is 62.1 Å². The Hall–Kier alpha value is -5.87. The Kier molecular flexibility index (Phi) is 14.1. The summed E-state index contributed by atoms with van der Waals surface area (Å²) >= 11 is 0. The predicted molar refractivity (Wildman–Crippen MR) is 205 cm³/mol. The maximum Gasteiger partial charge on any atom is 0.397 e. The number of imide groups is 1. The quantitative estimate of drug-likeness (QED) is 0.0759. The summed E-state index contributed by atoms with van der Waals surface area (Å²) in [6, 6.07) is 18.9. The average Bonchev–Trinajstić information content (AvgIpc) is 3.47. The van der Waals surface area contributed by atoms with E-state index in [1.807, 2.05) is 0 Å². The third-order valence-corrected chi connectivity index (χ3v) is 10.1. The van der Waals surface area contributed by atoms with Crippen molar-refractivity contribution < 1.29 is 83.8 Å². The summed E-state index contributed by atoms with van der Waals surface area (Å²) in [6.07, 6.45) is -14.3. The molecule has 2 fully saturated rings. The number of carbonyl (C=O) groups is 6. The van der Waals surface area contributed by atoms with E-state index < -0.39 is 114 Å². The molecule has 0 aromatic heterocycles. The minimum Gasteiger partial charge on any atom is -0.463 e. The molecule has 0 radical (unpaired) electrons. The Labute approximate surface area is 349 Å². The van der Waals surface area contributed by atoms with Gasteiger partial charge in [0.15, 0.2) is 30.9 Å². The van der Waals surface area contributed by atoms with Gasteiger partial charge >= 0.3 is 34.3 Å². The first-order valence-electron chi connectivity index (χ1n) is 18.7. The molecule has 0 aliphatic carbocycles. The van der Waals surface area contributed by atoms with E-state index in [4.69, 9.17) is 42.1 Å². The molecule has 3 aromatic rings. The van der Waals surface area contributed by atoms with Crippen LogP contribution in [0, 0.1) is 0 Å². The van der Waals surface area contributed by atoms with Crippen molar-refractivity contribution >= 4 is 46.1 Å². The summed E-state index contributed by atoms with van der Waals surface area (Å²) in [4.78, 5) is 81.1. The second-order valence-electron chi connectivity index (χ2n) is 13.8. The number of benzene rings is 3. The Bertz CT molecular complexity index is 2200. The van der Waals surface area contributed by atoms with Gasteiger partial charge in [0.1, 0.15) is 31.0 Å². The molecular weight excluding hydrogens is 827 g/mol. The Morgan fingerprint density at radius 2 is 1.26 bits per heavy atom. The molecule has 0 spiro atoms. The molecular formula is C41H41NO18S. The minimum atomic E-state index is -5.56. The molecule has 0 unspecified atom stereocenters. The third kappa shape index (κ3) is 10.4. The van der Waals surface area contributed by atoms with Gasteiger partial charge in [-0.2, -0.15) is 8.42 Å². The summed E-state index contributed by atoms with van der Waals surface area (Å²) in [5.41, 5.74) is -0.124. The lowest BCUT2D eigenvalue weighted by Crippen LogP contribution is -2.70. The molecule has 3 aliphatic heterocycles. The van der Waals surface area contributed by atoms with Crippen LogP contribution >= 0.6 is 0 Å². The van der Waals surface area contributed by atoms with Crippen molar-refractivity contribution in [1.82, 2.24) is 4.90 Å². The summed E-state index contributed by atoms with van der Waals surface area (Å²) in [5.74, 6) is -5.78. The SMILES string of the molecule is C=CCO[C@@H]1O[C@@H](C)[C@@H](OC(=O)c2ccccc2)[C@@H](O[C@@H]2O[C@H](COC(C)=O)[C@@H](OC(C)=O)[C@H](OS(=O)(=O)O)[C@H]2N2C(=O)c3ccccc3C2=O)[C@@H]1OC(=O)c1ccccc1. The third-order valence-electron chi connectivity index (χ3n) is 9.63. The number of hydrogen-bond acceptors (Lipinski definition) is 17. The van der Waals surface area contributed by atoms with Crippen molar-refractivity contribution in [3.05, 3.63) is 120 Å². The molecule has 61 heavy (non-hydrogen) atoms. The summed E-state index contributed by atoms with van der Waals surface area (Å²) in [5, 5.41) is 0. The monoisotopic (exact) mass is 867 g/mol. The van der Waals surface area contributed by atoms with Crippen molar-refractivity contribution in [2.24, 2.45) is 0 Å². The highest BCUT2D eigenvalue weighted by Crippen LogP contribution is 2.39. The highest BCUT2D eigenvalue weighted by Gasteiger charge is 2.60. The molecule has 1 N–H and O–H groups in total. The molecule has 3 aliphatic rings. The van der Waals surface area contributed by atoms with Crippen molar-refractivity contribution in [1.29, 1.82) is 0 Å². The standard InChI is InChI=1S/C41H41NO18S/c1-5-20-52-41-35(58-39(48)26-16-10-7-11-17-26)34(31(22(2)54-41)57-38(47)25-14-8-6-9-15-25)59-40-30(42-36(45)27-18-12-13-19-28(27)37(42)46)33(60-61(49,50)51)32(55-24(4)44)29(56-40)21-53-23(3)43/h5-19,22,29-35,40-41H,1,20-21H2,2-4H3,(H,49,50,51)/t22-,29+,30+,31+,32+,33+,34+,35-,40-,41+/m0/s1. The smallest absolute Gasteiger partial charge is 0.397 e. The Morgan fingerprint density at radius 1 is 0.721 bits per heavy atom. The normalized spacial score (nSPS) is 27.4. The Balaban J connectivity index is 1.53. The molecule has 324 valence electrons. The van der Waals surface area contributed by atoms with E-state index in [-0.39, 0.29) is 28.9 Å². The summed E-state index contributed by atoms with van der Waals surface area (Å²) < 4.78 is 88.1. The van der Waals surface area contributed by atoms with Crippen LogP contribution < -0.4 is 0 Å². The first kappa shape index (κ1) is 44.7. The van der Waals surface area contributed by atoms with Crippen LogP contribution in [-0.4, -0.2) is 128 Å². The summed E-state index contributed by atoms with van der Waals surface area (Å²) in [6.45, 7) is 6.16. The van der Waals surface area contributed by atoms with Crippen LogP contribution in [0.5, 0.6) is 0 Å². The number of amides is 2. The molecule has 2 amide bonds. The van der Waals surface area contributed by atoms with E-state index in [0.717, 1.165) is 13.8 Å². The highest BCUT2D eigenvalue weighted by atomic mass is 32.3. The molecule has 20 heteroatoms. The number of hydrogen-bond donors (Lipinski definition) is 1. The van der Waals surface area contributed by atoms with Crippen molar-refractivity contribution in [2.75, 3.05) is 13.2 Å². The van der Waals surface area contributed by atoms with Crippen LogP contribution in [0.3, 0.4) is 0 Å². The van der Waals surface area contributed by atoms with E-state index in [9.17, 15) is 41.7 Å². The molecule has 2 saturated heterocycles. The fourth-order valence-electron chi connectivity index (χ4n) is 7.07. The van der Waals surface area contributed by atoms with Crippen LogP contribution in [0.15, 0.2) is 97.6 Å². The van der Waals surface area contributed by atoms with Crippen molar-refractivity contribution in [3.8, 4) is 0 Å². The van der Waals surface area contributed by atoms with Crippen LogP contribution in [0.4, 0.5) is 0 Å². The van der Waals surface area contributed by atoms with Gasteiger partial charge in [0.2, 0.25) is 0 Å². The lowest BCUT2D eigenvalue weighted by molar-refractivity contribution is -0.344. The topological polar surface area (TPSA) is 243 Å². The molecule has 3 aromatic carbocycles. The lowest BCUT2D eigenvalue weighted by Gasteiger charge is -2.50. The number of rotatable bonds is 15. The zero-order chi connectivity index (χ0) is 44.0. The second kappa shape index (κ2) is 19.2. The van der Waals surface area contributed by atoms with Gasteiger partial charge in [0, 0.05) is 13.8 Å². The molecule has 3 heterocycles. The van der Waals surface area contributed by atoms with Crippen LogP contribution in [0.25, 0.3) is 0 Å². The number of esters is 4. The van der Waals surface area contributed by atoms with Gasteiger partial charge < -0.3 is 37.9 Å². The predicted octanol–water partition coefficient (Wildman–Crippen LogP) is 2.84.